The van der Waals surface area contributed by atoms with Crippen LogP contribution in [0.4, 0.5) is 11.5 Å². The second kappa shape index (κ2) is 7.49. The molecule has 2 N–H and O–H groups in total. The van der Waals surface area contributed by atoms with E-state index in [0.29, 0.717) is 11.4 Å². The Morgan fingerprint density at radius 1 is 1.31 bits per heavy atom. The number of aromatic nitrogens is 2. The first-order chi connectivity index (χ1) is 12.6. The minimum Gasteiger partial charge on any atom is -0.387 e. The molecule has 2 aliphatic heterocycles. The van der Waals surface area contributed by atoms with Gasteiger partial charge in [0, 0.05) is 25.3 Å². The Balaban J connectivity index is 1.68. The Bertz CT molecular complexity index is 876. The van der Waals surface area contributed by atoms with Gasteiger partial charge in [-0.15, -0.1) is 11.8 Å². The predicted octanol–water partition coefficient (Wildman–Crippen LogP) is 3.46. The highest BCUT2D eigenvalue weighted by molar-refractivity contribution is 8.00. The van der Waals surface area contributed by atoms with Gasteiger partial charge in [0.25, 0.3) is 0 Å². The summed E-state index contributed by atoms with van der Waals surface area (Å²) in [6.07, 6.45) is 0.973. The molecule has 2 aromatic rings. The summed E-state index contributed by atoms with van der Waals surface area (Å²) in [5.74, 6) is 0.754. The number of aliphatic hydroxyl groups excluding tert-OH is 1. The number of fused-ring (bicyclic) bond motifs is 2. The summed E-state index contributed by atoms with van der Waals surface area (Å²) in [5, 5.41) is 13.9. The SMILES string of the molecule is COC[C@H]1S[C@@H](n2cc3c(nc2=S)Nc2ccccc2S3)C(O)C1OC. The van der Waals surface area contributed by atoms with Crippen molar-refractivity contribution in [2.45, 2.75) is 32.6 Å². The third-order valence-corrected chi connectivity index (χ3v) is 7.40. The maximum absolute atomic E-state index is 10.8. The first-order valence-electron chi connectivity index (χ1n) is 8.14. The molecule has 0 saturated carbocycles. The molecule has 6 nitrogen and oxygen atoms in total. The second-order valence-corrected chi connectivity index (χ2v) is 8.89. The van der Waals surface area contributed by atoms with Crippen LogP contribution in [0.2, 0.25) is 0 Å². The van der Waals surface area contributed by atoms with E-state index < -0.39 is 6.10 Å². The zero-order chi connectivity index (χ0) is 18.3. The van der Waals surface area contributed by atoms with Crippen LogP contribution < -0.4 is 5.32 Å². The molecule has 3 heterocycles. The van der Waals surface area contributed by atoms with Crippen LogP contribution in [0.15, 0.2) is 40.3 Å². The van der Waals surface area contributed by atoms with E-state index in [-0.39, 0.29) is 16.7 Å². The van der Waals surface area contributed by atoms with Gasteiger partial charge in [-0.2, -0.15) is 0 Å². The molecule has 0 radical (unpaired) electrons. The molecule has 4 atom stereocenters. The van der Waals surface area contributed by atoms with Crippen LogP contribution in [0.5, 0.6) is 0 Å². The summed E-state index contributed by atoms with van der Waals surface area (Å²) in [5.41, 5.74) is 1.03. The van der Waals surface area contributed by atoms with Crippen LogP contribution >= 0.6 is 35.7 Å². The smallest absolute Gasteiger partial charge is 0.202 e. The zero-order valence-corrected chi connectivity index (χ0v) is 16.7. The molecule has 0 spiro atoms. The molecule has 1 aromatic heterocycles. The number of nitrogens with one attached hydrogen (secondary N) is 1. The highest BCUT2D eigenvalue weighted by atomic mass is 32.2. The van der Waals surface area contributed by atoms with Crippen LogP contribution in [-0.2, 0) is 9.47 Å². The maximum atomic E-state index is 10.8. The van der Waals surface area contributed by atoms with Crippen molar-refractivity contribution in [3.63, 3.8) is 0 Å². The number of methoxy groups -OCH3 is 2. The molecule has 0 amide bonds. The van der Waals surface area contributed by atoms with Gasteiger partial charge >= 0.3 is 0 Å². The topological polar surface area (TPSA) is 68.5 Å². The Morgan fingerprint density at radius 2 is 2.12 bits per heavy atom. The molecule has 2 unspecified atom stereocenters. The van der Waals surface area contributed by atoms with Crippen molar-refractivity contribution in [3.8, 4) is 0 Å². The van der Waals surface area contributed by atoms with Crippen molar-refractivity contribution in [1.29, 1.82) is 0 Å². The number of hydrogen-bond acceptors (Lipinski definition) is 8. The fraction of sp³-hybridized carbons (Fsp3) is 0.412. The number of aliphatic hydroxyl groups is 1. The average Bonchev–Trinajstić information content (AvgIpc) is 2.95. The van der Waals surface area contributed by atoms with Gasteiger partial charge in [-0.25, -0.2) is 4.98 Å². The molecular formula is C17H19N3O3S3. The van der Waals surface area contributed by atoms with Gasteiger partial charge in [-0.1, -0.05) is 23.9 Å². The third kappa shape index (κ3) is 3.17. The highest BCUT2D eigenvalue weighted by Crippen LogP contribution is 2.46. The number of ether oxygens (including phenoxy) is 2. The Morgan fingerprint density at radius 3 is 2.88 bits per heavy atom. The van der Waals surface area contributed by atoms with E-state index in [0.717, 1.165) is 21.3 Å². The van der Waals surface area contributed by atoms with E-state index in [4.69, 9.17) is 21.7 Å². The van der Waals surface area contributed by atoms with Crippen molar-refractivity contribution in [3.05, 3.63) is 35.2 Å². The van der Waals surface area contributed by atoms with Gasteiger partial charge in [0.15, 0.2) is 0 Å². The number of rotatable bonds is 4. The van der Waals surface area contributed by atoms with Gasteiger partial charge in [-0.3, -0.25) is 0 Å². The normalized spacial score (nSPS) is 26.9. The summed E-state index contributed by atoms with van der Waals surface area (Å²) >= 11 is 8.76. The maximum Gasteiger partial charge on any atom is 0.202 e. The Labute approximate surface area is 165 Å². The second-order valence-electron chi connectivity index (χ2n) is 6.08. The largest absolute Gasteiger partial charge is 0.387 e. The van der Waals surface area contributed by atoms with Crippen molar-refractivity contribution < 1.29 is 14.6 Å². The lowest BCUT2D eigenvalue weighted by Crippen LogP contribution is -2.35. The Kier molecular flexibility index (Phi) is 5.27. The van der Waals surface area contributed by atoms with E-state index in [2.05, 4.69) is 16.4 Å². The van der Waals surface area contributed by atoms with E-state index in [1.807, 2.05) is 29.0 Å². The molecule has 9 heteroatoms. The van der Waals surface area contributed by atoms with Crippen molar-refractivity contribution in [2.75, 3.05) is 26.1 Å². The minimum atomic E-state index is -0.689. The van der Waals surface area contributed by atoms with Crippen LogP contribution in [0.3, 0.4) is 0 Å². The molecular weight excluding hydrogens is 390 g/mol. The first kappa shape index (κ1) is 18.3. The van der Waals surface area contributed by atoms with Crippen LogP contribution in [0, 0.1) is 4.77 Å². The van der Waals surface area contributed by atoms with Crippen molar-refractivity contribution in [1.82, 2.24) is 9.55 Å². The fourth-order valence-electron chi connectivity index (χ4n) is 3.24. The molecule has 0 bridgehead atoms. The number of anilines is 2. The zero-order valence-electron chi connectivity index (χ0n) is 14.3. The van der Waals surface area contributed by atoms with Gasteiger partial charge in [-0.05, 0) is 24.4 Å². The van der Waals surface area contributed by atoms with Crippen LogP contribution in [0.25, 0.3) is 0 Å². The first-order valence-corrected chi connectivity index (χ1v) is 10.3. The number of thioether (sulfide) groups is 1. The lowest BCUT2D eigenvalue weighted by atomic mass is 10.1. The average molecular weight is 410 g/mol. The van der Waals surface area contributed by atoms with Gasteiger partial charge < -0.3 is 24.5 Å². The molecule has 138 valence electrons. The fourth-order valence-corrected chi connectivity index (χ4v) is 6.15. The van der Waals surface area contributed by atoms with Gasteiger partial charge in [0.2, 0.25) is 4.77 Å². The molecule has 1 aromatic carbocycles. The molecule has 2 aliphatic rings. The van der Waals surface area contributed by atoms with Crippen LogP contribution in [0.1, 0.15) is 5.37 Å². The number of hydrogen-bond donors (Lipinski definition) is 2. The molecule has 1 fully saturated rings. The summed E-state index contributed by atoms with van der Waals surface area (Å²) in [6, 6.07) is 8.08. The predicted molar refractivity (Wildman–Crippen MR) is 106 cm³/mol. The number of nitrogens with zero attached hydrogens (tertiary/aromatic N) is 2. The van der Waals surface area contributed by atoms with E-state index in [9.17, 15) is 5.11 Å². The number of para-hydroxylation sites is 1. The quantitative estimate of drug-likeness (QED) is 0.635. The summed E-state index contributed by atoms with van der Waals surface area (Å²) in [4.78, 5) is 6.68. The molecule has 1 saturated heterocycles. The van der Waals surface area contributed by atoms with E-state index in [1.54, 1.807) is 37.7 Å². The molecule has 4 rings (SSSR count). The molecule has 0 aliphatic carbocycles. The monoisotopic (exact) mass is 409 g/mol. The standard InChI is InChI=1S/C17H19N3O3S3/c1-22-8-12-14(23-2)13(21)16(26-12)20-7-11-15(19-17(20)24)18-9-5-3-4-6-10(9)25-11/h3-7,12-14,16,21H,8H2,1-2H3,(H,18,19,24)/t12-,13?,14?,16-/m1/s1. The van der Waals surface area contributed by atoms with E-state index >= 15 is 0 Å². The summed E-state index contributed by atoms with van der Waals surface area (Å²) < 4.78 is 13.1. The van der Waals surface area contributed by atoms with Crippen LogP contribution in [-0.4, -0.2) is 52.9 Å². The lowest BCUT2D eigenvalue weighted by molar-refractivity contribution is -0.0209. The summed E-state index contributed by atoms with van der Waals surface area (Å²) in [6.45, 7) is 0.506. The number of benzene rings is 1. The van der Waals surface area contributed by atoms with Crippen molar-refractivity contribution >= 4 is 47.2 Å². The minimum absolute atomic E-state index is 0.0365. The Hall–Kier alpha value is -1.10. The van der Waals surface area contributed by atoms with E-state index in [1.165, 1.54) is 0 Å². The van der Waals surface area contributed by atoms with Crippen molar-refractivity contribution in [2.24, 2.45) is 0 Å². The van der Waals surface area contributed by atoms with Gasteiger partial charge in [0.1, 0.15) is 23.4 Å². The lowest BCUT2D eigenvalue weighted by Gasteiger charge is -2.24. The summed E-state index contributed by atoms with van der Waals surface area (Å²) in [7, 11) is 3.26. The third-order valence-electron chi connectivity index (χ3n) is 4.46. The molecule has 26 heavy (non-hydrogen) atoms. The van der Waals surface area contributed by atoms with Gasteiger partial charge in [0.05, 0.1) is 22.4 Å². The highest BCUT2D eigenvalue weighted by Gasteiger charge is 2.44.